The molecular weight excluding hydrogens is 192 g/mol. The molecule has 0 atom stereocenters. The molecule has 0 spiro atoms. The number of aryl methyl sites for hydroxylation is 1. The van der Waals surface area contributed by atoms with E-state index in [0.29, 0.717) is 5.75 Å². The molecule has 3 heteroatoms. The van der Waals surface area contributed by atoms with E-state index in [0.717, 1.165) is 12.8 Å². The molecule has 0 fully saturated rings. The molecule has 1 rings (SSSR count). The Hall–Kier alpha value is -1.51. The van der Waals surface area contributed by atoms with Gasteiger partial charge in [0.15, 0.2) is 6.61 Å². The molecule has 0 heterocycles. The zero-order valence-electron chi connectivity index (χ0n) is 9.16. The molecule has 0 N–H and O–H groups in total. The third-order valence-electron chi connectivity index (χ3n) is 2.02. The fourth-order valence-electron chi connectivity index (χ4n) is 1.28. The number of benzene rings is 1. The second-order valence-corrected chi connectivity index (χ2v) is 3.26. The van der Waals surface area contributed by atoms with Crippen LogP contribution in [0.25, 0.3) is 0 Å². The predicted molar refractivity (Wildman–Crippen MR) is 57.9 cm³/mol. The summed E-state index contributed by atoms with van der Waals surface area (Å²) in [6.07, 6.45) is 2.12. The van der Waals surface area contributed by atoms with E-state index in [1.807, 2.05) is 18.2 Å². The topological polar surface area (TPSA) is 35.5 Å². The normalized spacial score (nSPS) is 9.73. The Morgan fingerprint density at radius 3 is 2.87 bits per heavy atom. The fraction of sp³-hybridized carbons (Fsp3) is 0.417. The van der Waals surface area contributed by atoms with Crippen molar-refractivity contribution in [2.24, 2.45) is 0 Å². The SMILES string of the molecule is CCCc1cccc(OCC(=O)OC)c1. The first-order valence-electron chi connectivity index (χ1n) is 5.04. The van der Waals surface area contributed by atoms with Gasteiger partial charge < -0.3 is 9.47 Å². The van der Waals surface area contributed by atoms with Crippen molar-refractivity contribution in [3.05, 3.63) is 29.8 Å². The number of esters is 1. The van der Waals surface area contributed by atoms with E-state index in [9.17, 15) is 4.79 Å². The molecular formula is C12H16O3. The molecule has 15 heavy (non-hydrogen) atoms. The second kappa shape index (κ2) is 6.06. The molecule has 1 aromatic carbocycles. The first kappa shape index (κ1) is 11.6. The Kier molecular flexibility index (Phi) is 4.68. The zero-order chi connectivity index (χ0) is 11.1. The van der Waals surface area contributed by atoms with E-state index in [2.05, 4.69) is 17.7 Å². The summed E-state index contributed by atoms with van der Waals surface area (Å²) in [5.41, 5.74) is 1.22. The summed E-state index contributed by atoms with van der Waals surface area (Å²) < 4.78 is 9.76. The minimum atomic E-state index is -0.365. The van der Waals surface area contributed by atoms with Crippen LogP contribution in [0.5, 0.6) is 5.75 Å². The van der Waals surface area contributed by atoms with Gasteiger partial charge >= 0.3 is 5.97 Å². The fourth-order valence-corrected chi connectivity index (χ4v) is 1.28. The summed E-state index contributed by atoms with van der Waals surface area (Å²) in [6.45, 7) is 2.09. The lowest BCUT2D eigenvalue weighted by Gasteiger charge is -2.06. The molecule has 0 amide bonds. The summed E-state index contributed by atoms with van der Waals surface area (Å²) in [7, 11) is 1.35. The summed E-state index contributed by atoms with van der Waals surface area (Å²) in [5, 5.41) is 0. The third-order valence-corrected chi connectivity index (χ3v) is 2.02. The Balaban J connectivity index is 2.53. The Bertz CT molecular complexity index is 320. The zero-order valence-corrected chi connectivity index (χ0v) is 9.16. The largest absolute Gasteiger partial charge is 0.482 e. The molecule has 0 aliphatic heterocycles. The van der Waals surface area contributed by atoms with Crippen molar-refractivity contribution in [1.82, 2.24) is 0 Å². The van der Waals surface area contributed by atoms with Crippen LogP contribution < -0.4 is 4.74 Å². The van der Waals surface area contributed by atoms with Crippen molar-refractivity contribution in [1.29, 1.82) is 0 Å². The van der Waals surface area contributed by atoms with Crippen LogP contribution in [0.3, 0.4) is 0 Å². The first-order valence-corrected chi connectivity index (χ1v) is 5.04. The monoisotopic (exact) mass is 208 g/mol. The van der Waals surface area contributed by atoms with Crippen LogP contribution in [-0.2, 0) is 16.0 Å². The van der Waals surface area contributed by atoms with Gasteiger partial charge in [-0.15, -0.1) is 0 Å². The summed E-state index contributed by atoms with van der Waals surface area (Å²) >= 11 is 0. The van der Waals surface area contributed by atoms with Crippen LogP contribution in [0.15, 0.2) is 24.3 Å². The number of ether oxygens (including phenoxy) is 2. The van der Waals surface area contributed by atoms with Crippen LogP contribution in [0.2, 0.25) is 0 Å². The third kappa shape index (κ3) is 4.02. The van der Waals surface area contributed by atoms with E-state index in [4.69, 9.17) is 4.74 Å². The van der Waals surface area contributed by atoms with Crippen molar-refractivity contribution < 1.29 is 14.3 Å². The molecule has 0 saturated heterocycles. The molecule has 0 radical (unpaired) electrons. The van der Waals surface area contributed by atoms with E-state index in [-0.39, 0.29) is 12.6 Å². The van der Waals surface area contributed by atoms with Crippen molar-refractivity contribution in [3.63, 3.8) is 0 Å². The highest BCUT2D eigenvalue weighted by Gasteiger charge is 2.01. The highest BCUT2D eigenvalue weighted by molar-refractivity contribution is 5.70. The minimum Gasteiger partial charge on any atom is -0.482 e. The maximum absolute atomic E-state index is 10.8. The Morgan fingerprint density at radius 2 is 2.20 bits per heavy atom. The molecule has 0 aliphatic rings. The summed E-state index contributed by atoms with van der Waals surface area (Å²) in [6, 6.07) is 7.76. The van der Waals surface area contributed by atoms with E-state index in [1.165, 1.54) is 12.7 Å². The Labute approximate surface area is 90.0 Å². The van der Waals surface area contributed by atoms with Gasteiger partial charge in [0, 0.05) is 0 Å². The maximum Gasteiger partial charge on any atom is 0.343 e. The summed E-state index contributed by atoms with van der Waals surface area (Å²) in [4.78, 5) is 10.8. The lowest BCUT2D eigenvalue weighted by atomic mass is 10.1. The first-order chi connectivity index (χ1) is 7.26. The van der Waals surface area contributed by atoms with Gasteiger partial charge in [0.05, 0.1) is 7.11 Å². The van der Waals surface area contributed by atoms with Gasteiger partial charge in [-0.3, -0.25) is 0 Å². The smallest absolute Gasteiger partial charge is 0.343 e. The van der Waals surface area contributed by atoms with Crippen LogP contribution in [0, 0.1) is 0 Å². The van der Waals surface area contributed by atoms with Crippen molar-refractivity contribution in [3.8, 4) is 5.75 Å². The number of hydrogen-bond acceptors (Lipinski definition) is 3. The van der Waals surface area contributed by atoms with Gasteiger partial charge in [-0.1, -0.05) is 25.5 Å². The predicted octanol–water partition coefficient (Wildman–Crippen LogP) is 2.19. The second-order valence-electron chi connectivity index (χ2n) is 3.26. The number of rotatable bonds is 5. The lowest BCUT2D eigenvalue weighted by molar-refractivity contribution is -0.142. The van der Waals surface area contributed by atoms with E-state index in [1.54, 1.807) is 0 Å². The molecule has 0 aliphatic carbocycles. The lowest BCUT2D eigenvalue weighted by Crippen LogP contribution is -2.12. The number of carbonyl (C=O) groups excluding carboxylic acids is 1. The van der Waals surface area contributed by atoms with Gasteiger partial charge in [0.1, 0.15) is 5.75 Å². The maximum atomic E-state index is 10.8. The van der Waals surface area contributed by atoms with Gasteiger partial charge in [-0.05, 0) is 24.1 Å². The van der Waals surface area contributed by atoms with E-state index >= 15 is 0 Å². The van der Waals surface area contributed by atoms with Crippen LogP contribution in [-0.4, -0.2) is 19.7 Å². The highest BCUT2D eigenvalue weighted by atomic mass is 16.6. The average molecular weight is 208 g/mol. The molecule has 0 aromatic heterocycles. The average Bonchev–Trinajstić information content (AvgIpc) is 2.27. The van der Waals surface area contributed by atoms with Gasteiger partial charge in [0.2, 0.25) is 0 Å². The molecule has 0 bridgehead atoms. The van der Waals surface area contributed by atoms with E-state index < -0.39 is 0 Å². The molecule has 1 aromatic rings. The van der Waals surface area contributed by atoms with Crippen LogP contribution in [0.1, 0.15) is 18.9 Å². The van der Waals surface area contributed by atoms with Gasteiger partial charge in [-0.25, -0.2) is 4.79 Å². The number of hydrogen-bond donors (Lipinski definition) is 0. The molecule has 0 unspecified atom stereocenters. The van der Waals surface area contributed by atoms with Crippen molar-refractivity contribution in [2.75, 3.05) is 13.7 Å². The van der Waals surface area contributed by atoms with Gasteiger partial charge in [0.25, 0.3) is 0 Å². The standard InChI is InChI=1S/C12H16O3/c1-3-5-10-6-4-7-11(8-10)15-9-12(13)14-2/h4,6-8H,3,5,9H2,1-2H3. The van der Waals surface area contributed by atoms with Gasteiger partial charge in [-0.2, -0.15) is 0 Å². The quantitative estimate of drug-likeness (QED) is 0.696. The minimum absolute atomic E-state index is 0.0356. The number of methoxy groups -OCH3 is 1. The molecule has 82 valence electrons. The Morgan fingerprint density at radius 1 is 1.40 bits per heavy atom. The van der Waals surface area contributed by atoms with Crippen LogP contribution in [0.4, 0.5) is 0 Å². The highest BCUT2D eigenvalue weighted by Crippen LogP contribution is 2.14. The van der Waals surface area contributed by atoms with Crippen molar-refractivity contribution in [2.45, 2.75) is 19.8 Å². The van der Waals surface area contributed by atoms with Crippen molar-refractivity contribution >= 4 is 5.97 Å². The number of carbonyl (C=O) groups is 1. The summed E-state index contributed by atoms with van der Waals surface area (Å²) in [5.74, 6) is 0.349. The molecule has 0 saturated carbocycles. The molecule has 3 nitrogen and oxygen atoms in total. The van der Waals surface area contributed by atoms with Crippen LogP contribution >= 0.6 is 0 Å².